The summed E-state index contributed by atoms with van der Waals surface area (Å²) in [6, 6.07) is 10.7. The van der Waals surface area contributed by atoms with Gasteiger partial charge in [-0.25, -0.2) is 0 Å². The molecule has 2 fully saturated rings. The molecule has 1 aromatic carbocycles. The van der Waals surface area contributed by atoms with Gasteiger partial charge in [-0.2, -0.15) is 0 Å². The van der Waals surface area contributed by atoms with E-state index in [4.69, 9.17) is 4.74 Å². The Morgan fingerprint density at radius 3 is 2.88 bits per heavy atom. The summed E-state index contributed by atoms with van der Waals surface area (Å²) < 4.78 is 6.05. The van der Waals surface area contributed by atoms with Crippen LogP contribution in [0.3, 0.4) is 0 Å². The largest absolute Gasteiger partial charge is 0.371 e. The molecule has 2 aliphatic heterocycles. The van der Waals surface area contributed by atoms with Gasteiger partial charge >= 0.3 is 0 Å². The third kappa shape index (κ3) is 2.31. The SMILES string of the molecule is c1ccc(N2CCC[C@]3(CNCCO3)C2)cc1. The van der Waals surface area contributed by atoms with Gasteiger partial charge in [0.2, 0.25) is 0 Å². The van der Waals surface area contributed by atoms with Crippen LogP contribution in [0.25, 0.3) is 0 Å². The van der Waals surface area contributed by atoms with Crippen molar-refractivity contribution in [3.63, 3.8) is 0 Å². The summed E-state index contributed by atoms with van der Waals surface area (Å²) >= 11 is 0. The lowest BCUT2D eigenvalue weighted by Crippen LogP contribution is -2.58. The molecular weight excluding hydrogens is 212 g/mol. The summed E-state index contributed by atoms with van der Waals surface area (Å²) in [5.41, 5.74) is 1.37. The van der Waals surface area contributed by atoms with Crippen LogP contribution >= 0.6 is 0 Å². The first-order valence-electron chi connectivity index (χ1n) is 6.53. The Morgan fingerprint density at radius 2 is 2.12 bits per heavy atom. The molecule has 3 nitrogen and oxygen atoms in total. The Morgan fingerprint density at radius 1 is 1.24 bits per heavy atom. The monoisotopic (exact) mass is 232 g/mol. The molecule has 0 radical (unpaired) electrons. The van der Waals surface area contributed by atoms with E-state index in [0.29, 0.717) is 0 Å². The average Bonchev–Trinajstić information content (AvgIpc) is 2.41. The van der Waals surface area contributed by atoms with Gasteiger partial charge in [-0.3, -0.25) is 0 Å². The first kappa shape index (κ1) is 11.1. The molecule has 1 spiro atoms. The summed E-state index contributed by atoms with van der Waals surface area (Å²) in [4.78, 5) is 2.45. The number of piperidine rings is 1. The summed E-state index contributed by atoms with van der Waals surface area (Å²) in [5.74, 6) is 0. The zero-order chi connectivity index (χ0) is 11.6. The van der Waals surface area contributed by atoms with Crippen molar-refractivity contribution in [2.75, 3.05) is 37.7 Å². The van der Waals surface area contributed by atoms with Gasteiger partial charge in [0, 0.05) is 31.9 Å². The van der Waals surface area contributed by atoms with Crippen LogP contribution in [-0.4, -0.2) is 38.4 Å². The second kappa shape index (κ2) is 4.67. The van der Waals surface area contributed by atoms with Gasteiger partial charge in [-0.15, -0.1) is 0 Å². The fourth-order valence-corrected chi connectivity index (χ4v) is 2.93. The van der Waals surface area contributed by atoms with Crippen molar-refractivity contribution in [2.45, 2.75) is 18.4 Å². The smallest absolute Gasteiger partial charge is 0.0981 e. The highest BCUT2D eigenvalue weighted by atomic mass is 16.5. The third-order valence-corrected chi connectivity index (χ3v) is 3.80. The molecule has 2 saturated heterocycles. The summed E-state index contributed by atoms with van der Waals surface area (Å²) in [5, 5.41) is 3.47. The van der Waals surface area contributed by atoms with E-state index < -0.39 is 0 Å². The first-order valence-corrected chi connectivity index (χ1v) is 6.53. The van der Waals surface area contributed by atoms with Crippen molar-refractivity contribution < 1.29 is 4.74 Å². The Bertz CT molecular complexity index is 354. The van der Waals surface area contributed by atoms with Gasteiger partial charge < -0.3 is 15.0 Å². The van der Waals surface area contributed by atoms with Crippen LogP contribution < -0.4 is 10.2 Å². The molecule has 1 aromatic rings. The molecule has 17 heavy (non-hydrogen) atoms. The highest BCUT2D eigenvalue weighted by Crippen LogP contribution is 2.29. The van der Waals surface area contributed by atoms with Gasteiger partial charge in [-0.05, 0) is 25.0 Å². The number of morpholine rings is 1. The van der Waals surface area contributed by atoms with E-state index in [0.717, 1.165) is 32.8 Å². The van der Waals surface area contributed by atoms with Gasteiger partial charge in [0.15, 0.2) is 0 Å². The molecule has 1 N–H and O–H groups in total. The standard InChI is InChI=1S/C14H20N2O/c1-2-5-13(6-3-1)16-9-4-7-14(12-16)11-15-8-10-17-14/h1-3,5-6,15H,4,7-12H2/t14-/m0/s1. The number of para-hydroxylation sites is 1. The van der Waals surface area contributed by atoms with E-state index in [1.54, 1.807) is 0 Å². The molecule has 0 unspecified atom stereocenters. The van der Waals surface area contributed by atoms with Crippen LogP contribution in [0.2, 0.25) is 0 Å². The zero-order valence-corrected chi connectivity index (χ0v) is 10.2. The number of nitrogens with zero attached hydrogens (tertiary/aromatic N) is 1. The van der Waals surface area contributed by atoms with E-state index in [9.17, 15) is 0 Å². The summed E-state index contributed by atoms with van der Waals surface area (Å²) in [6.45, 7) is 5.01. The number of rotatable bonds is 1. The van der Waals surface area contributed by atoms with Crippen molar-refractivity contribution >= 4 is 5.69 Å². The van der Waals surface area contributed by atoms with Crippen molar-refractivity contribution in [3.05, 3.63) is 30.3 Å². The molecule has 0 bridgehead atoms. The maximum Gasteiger partial charge on any atom is 0.0981 e. The number of benzene rings is 1. The lowest BCUT2D eigenvalue weighted by Gasteiger charge is -2.45. The van der Waals surface area contributed by atoms with E-state index in [1.165, 1.54) is 18.5 Å². The lowest BCUT2D eigenvalue weighted by atomic mass is 9.91. The molecule has 2 aliphatic rings. The van der Waals surface area contributed by atoms with Gasteiger partial charge in [-0.1, -0.05) is 18.2 Å². The van der Waals surface area contributed by atoms with Crippen molar-refractivity contribution in [1.82, 2.24) is 5.32 Å². The van der Waals surface area contributed by atoms with Crippen LogP contribution in [0.15, 0.2) is 30.3 Å². The number of hydrogen-bond acceptors (Lipinski definition) is 3. The van der Waals surface area contributed by atoms with Crippen molar-refractivity contribution in [2.24, 2.45) is 0 Å². The fourth-order valence-electron chi connectivity index (χ4n) is 2.93. The van der Waals surface area contributed by atoms with E-state index in [-0.39, 0.29) is 5.60 Å². The number of anilines is 1. The molecule has 3 heteroatoms. The first-order chi connectivity index (χ1) is 8.38. The minimum Gasteiger partial charge on any atom is -0.371 e. The molecule has 0 amide bonds. The van der Waals surface area contributed by atoms with Crippen LogP contribution in [0.5, 0.6) is 0 Å². The minimum absolute atomic E-state index is 0.0480. The van der Waals surface area contributed by atoms with Crippen molar-refractivity contribution in [3.8, 4) is 0 Å². The minimum atomic E-state index is 0.0480. The highest BCUT2D eigenvalue weighted by molar-refractivity contribution is 5.47. The molecular formula is C14H20N2O. The molecule has 0 saturated carbocycles. The van der Waals surface area contributed by atoms with E-state index in [2.05, 4.69) is 40.5 Å². The number of hydrogen-bond donors (Lipinski definition) is 1. The summed E-state index contributed by atoms with van der Waals surface area (Å²) in [7, 11) is 0. The van der Waals surface area contributed by atoms with Crippen molar-refractivity contribution in [1.29, 1.82) is 0 Å². The lowest BCUT2D eigenvalue weighted by molar-refractivity contribution is -0.0725. The Labute approximate surface area is 103 Å². The van der Waals surface area contributed by atoms with Crippen LogP contribution in [0.4, 0.5) is 5.69 Å². The topological polar surface area (TPSA) is 24.5 Å². The Kier molecular flexibility index (Phi) is 3.04. The number of nitrogens with one attached hydrogen (secondary N) is 1. The van der Waals surface area contributed by atoms with E-state index in [1.807, 2.05) is 0 Å². The maximum absolute atomic E-state index is 6.05. The predicted octanol–water partition coefficient (Wildman–Crippen LogP) is 1.65. The molecule has 0 aromatic heterocycles. The predicted molar refractivity (Wildman–Crippen MR) is 69.4 cm³/mol. The number of ether oxygens (including phenoxy) is 1. The normalized spacial score (nSPS) is 29.5. The Balaban J connectivity index is 1.75. The molecule has 2 heterocycles. The van der Waals surface area contributed by atoms with E-state index >= 15 is 0 Å². The maximum atomic E-state index is 6.05. The highest BCUT2D eigenvalue weighted by Gasteiger charge is 2.37. The zero-order valence-electron chi connectivity index (χ0n) is 10.2. The van der Waals surface area contributed by atoms with Gasteiger partial charge in [0.25, 0.3) is 0 Å². The fraction of sp³-hybridized carbons (Fsp3) is 0.571. The van der Waals surface area contributed by atoms with Crippen LogP contribution in [-0.2, 0) is 4.74 Å². The third-order valence-electron chi connectivity index (χ3n) is 3.80. The quantitative estimate of drug-likeness (QED) is 0.796. The molecule has 92 valence electrons. The second-order valence-electron chi connectivity index (χ2n) is 5.07. The summed E-state index contributed by atoms with van der Waals surface area (Å²) in [6.07, 6.45) is 2.40. The molecule has 0 aliphatic carbocycles. The molecule has 1 atom stereocenters. The van der Waals surface area contributed by atoms with Crippen LogP contribution in [0, 0.1) is 0 Å². The van der Waals surface area contributed by atoms with Crippen LogP contribution in [0.1, 0.15) is 12.8 Å². The average molecular weight is 232 g/mol. The molecule has 3 rings (SSSR count). The second-order valence-corrected chi connectivity index (χ2v) is 5.07. The Hall–Kier alpha value is -1.06. The van der Waals surface area contributed by atoms with Gasteiger partial charge in [0.1, 0.15) is 0 Å². The van der Waals surface area contributed by atoms with Gasteiger partial charge in [0.05, 0.1) is 12.2 Å².